The molecule has 1 heterocycles. The van der Waals surface area contributed by atoms with Gasteiger partial charge in [0.1, 0.15) is 0 Å². The molecule has 0 saturated carbocycles. The van der Waals surface area contributed by atoms with Crippen LogP contribution in [0.3, 0.4) is 0 Å². The van der Waals surface area contributed by atoms with Crippen LogP contribution < -0.4 is 10.9 Å². The van der Waals surface area contributed by atoms with Crippen molar-refractivity contribution >= 4 is 34.3 Å². The second-order valence-corrected chi connectivity index (χ2v) is 8.69. The number of rotatable bonds is 6. The maximum absolute atomic E-state index is 13.4. The van der Waals surface area contributed by atoms with E-state index in [4.69, 9.17) is 4.98 Å². The number of carbonyl (C=O) groups is 1. The third-order valence-corrected chi connectivity index (χ3v) is 6.15. The zero-order valence-electron chi connectivity index (χ0n) is 18.4. The molecular formula is C26H25N3O2S. The van der Waals surface area contributed by atoms with Gasteiger partial charge in [-0.05, 0) is 67.3 Å². The van der Waals surface area contributed by atoms with E-state index in [-0.39, 0.29) is 17.2 Å². The van der Waals surface area contributed by atoms with E-state index < -0.39 is 0 Å². The van der Waals surface area contributed by atoms with Gasteiger partial charge in [0.2, 0.25) is 5.91 Å². The minimum absolute atomic E-state index is 0.134. The highest BCUT2D eigenvalue weighted by Gasteiger charge is 2.16. The van der Waals surface area contributed by atoms with Crippen LogP contribution in [-0.2, 0) is 11.2 Å². The van der Waals surface area contributed by atoms with Crippen LogP contribution in [0.5, 0.6) is 0 Å². The van der Waals surface area contributed by atoms with Gasteiger partial charge in [-0.3, -0.25) is 14.2 Å². The number of hydrogen-bond donors (Lipinski definition) is 1. The lowest BCUT2D eigenvalue weighted by molar-refractivity contribution is -0.113. The van der Waals surface area contributed by atoms with Crippen LogP contribution in [0.4, 0.5) is 5.69 Å². The highest BCUT2D eigenvalue weighted by Crippen LogP contribution is 2.23. The number of aryl methyl sites for hydroxylation is 3. The summed E-state index contributed by atoms with van der Waals surface area (Å²) in [5.74, 6) is 0.0125. The number of hydrogen-bond acceptors (Lipinski definition) is 4. The monoisotopic (exact) mass is 443 g/mol. The molecule has 32 heavy (non-hydrogen) atoms. The SMILES string of the molecule is CCc1ccccc1NC(=O)CSc1nc2ccccc2c(=O)n1-c1cc(C)cc(C)c1. The first-order valence-corrected chi connectivity index (χ1v) is 11.6. The number of thioether (sulfide) groups is 1. The van der Waals surface area contributed by atoms with Gasteiger partial charge in [0.25, 0.3) is 5.56 Å². The van der Waals surface area contributed by atoms with Crippen LogP contribution in [0.25, 0.3) is 16.6 Å². The standard InChI is InChI=1S/C26H25N3O2S/c1-4-19-9-5-7-11-22(19)27-24(30)16-32-26-28-23-12-8-6-10-21(23)25(31)29(26)20-14-17(2)13-18(3)15-20/h5-15H,4,16H2,1-3H3,(H,27,30). The summed E-state index contributed by atoms with van der Waals surface area (Å²) in [5.41, 5.74) is 5.26. The van der Waals surface area contributed by atoms with Gasteiger partial charge in [-0.25, -0.2) is 4.98 Å². The Bertz CT molecular complexity index is 1340. The Balaban J connectivity index is 1.70. The number of benzene rings is 3. The van der Waals surface area contributed by atoms with E-state index in [1.807, 2.05) is 68.4 Å². The number of amides is 1. The predicted molar refractivity (Wildman–Crippen MR) is 132 cm³/mol. The molecule has 0 aliphatic heterocycles. The molecule has 0 fully saturated rings. The molecule has 1 N–H and O–H groups in total. The quantitative estimate of drug-likeness (QED) is 0.325. The number of nitrogens with one attached hydrogen (secondary N) is 1. The first kappa shape index (κ1) is 21.8. The fourth-order valence-electron chi connectivity index (χ4n) is 3.78. The summed E-state index contributed by atoms with van der Waals surface area (Å²) in [6.07, 6.45) is 0.835. The Morgan fingerprint density at radius 1 is 1.00 bits per heavy atom. The lowest BCUT2D eigenvalue weighted by Crippen LogP contribution is -2.23. The number of fused-ring (bicyclic) bond motifs is 1. The van der Waals surface area contributed by atoms with Crippen LogP contribution in [0.2, 0.25) is 0 Å². The molecule has 0 unspecified atom stereocenters. The zero-order valence-corrected chi connectivity index (χ0v) is 19.2. The Hall–Kier alpha value is -3.38. The minimum atomic E-state index is -0.139. The Kier molecular flexibility index (Phi) is 6.42. The number of nitrogens with zero attached hydrogens (tertiary/aromatic N) is 2. The zero-order chi connectivity index (χ0) is 22.7. The molecule has 5 nitrogen and oxygen atoms in total. The lowest BCUT2D eigenvalue weighted by atomic mass is 10.1. The van der Waals surface area contributed by atoms with E-state index in [1.54, 1.807) is 10.6 Å². The van der Waals surface area contributed by atoms with Crippen molar-refractivity contribution in [3.05, 3.63) is 93.8 Å². The normalized spacial score (nSPS) is 11.0. The predicted octanol–water partition coefficient (Wildman–Crippen LogP) is 5.30. The van der Waals surface area contributed by atoms with Crippen molar-refractivity contribution < 1.29 is 4.79 Å². The smallest absolute Gasteiger partial charge is 0.266 e. The van der Waals surface area contributed by atoms with Crippen LogP contribution in [0.15, 0.2) is 76.7 Å². The van der Waals surface area contributed by atoms with Crippen molar-refractivity contribution in [2.45, 2.75) is 32.3 Å². The summed E-state index contributed by atoms with van der Waals surface area (Å²) in [7, 11) is 0. The van der Waals surface area contributed by atoms with Gasteiger partial charge in [-0.15, -0.1) is 0 Å². The number of anilines is 1. The van der Waals surface area contributed by atoms with Crippen molar-refractivity contribution in [1.29, 1.82) is 0 Å². The van der Waals surface area contributed by atoms with Crippen LogP contribution in [-0.4, -0.2) is 21.2 Å². The van der Waals surface area contributed by atoms with Gasteiger partial charge in [-0.2, -0.15) is 0 Å². The van der Waals surface area contributed by atoms with Crippen LogP contribution in [0, 0.1) is 13.8 Å². The van der Waals surface area contributed by atoms with Gasteiger partial charge in [-0.1, -0.05) is 55.1 Å². The molecule has 6 heteroatoms. The van der Waals surface area contributed by atoms with Gasteiger partial charge in [0.05, 0.1) is 22.3 Å². The summed E-state index contributed by atoms with van der Waals surface area (Å²) in [6, 6.07) is 21.1. The molecule has 0 aliphatic carbocycles. The Morgan fingerprint density at radius 2 is 1.69 bits per heavy atom. The fraction of sp³-hybridized carbons (Fsp3) is 0.192. The van der Waals surface area contributed by atoms with E-state index in [2.05, 4.69) is 18.3 Å². The Labute approximate surface area is 191 Å². The van der Waals surface area contributed by atoms with Crippen molar-refractivity contribution in [2.24, 2.45) is 0 Å². The van der Waals surface area contributed by atoms with Gasteiger partial charge < -0.3 is 5.32 Å². The first-order chi connectivity index (χ1) is 15.5. The number of para-hydroxylation sites is 2. The number of aromatic nitrogens is 2. The molecule has 0 radical (unpaired) electrons. The average molecular weight is 444 g/mol. The number of carbonyl (C=O) groups excluding carboxylic acids is 1. The molecule has 0 spiro atoms. The molecule has 1 aromatic heterocycles. The molecule has 0 aliphatic rings. The van der Waals surface area contributed by atoms with Crippen LogP contribution in [0.1, 0.15) is 23.6 Å². The molecule has 4 aromatic rings. The van der Waals surface area contributed by atoms with E-state index in [1.165, 1.54) is 11.8 Å². The maximum atomic E-state index is 13.4. The molecule has 3 aromatic carbocycles. The third-order valence-electron chi connectivity index (χ3n) is 5.21. The lowest BCUT2D eigenvalue weighted by Gasteiger charge is -2.15. The molecule has 4 rings (SSSR count). The topological polar surface area (TPSA) is 64.0 Å². The summed E-state index contributed by atoms with van der Waals surface area (Å²) >= 11 is 1.26. The largest absolute Gasteiger partial charge is 0.325 e. The molecule has 162 valence electrons. The summed E-state index contributed by atoms with van der Waals surface area (Å²) in [6.45, 7) is 6.06. The van der Waals surface area contributed by atoms with Crippen molar-refractivity contribution in [3.63, 3.8) is 0 Å². The van der Waals surface area contributed by atoms with Gasteiger partial charge in [0, 0.05) is 5.69 Å². The van der Waals surface area contributed by atoms with Gasteiger partial charge in [0.15, 0.2) is 5.16 Å². The van der Waals surface area contributed by atoms with Crippen molar-refractivity contribution in [3.8, 4) is 5.69 Å². The average Bonchev–Trinajstić information content (AvgIpc) is 2.77. The summed E-state index contributed by atoms with van der Waals surface area (Å²) in [5, 5.41) is 4.04. The van der Waals surface area contributed by atoms with Crippen LogP contribution >= 0.6 is 11.8 Å². The summed E-state index contributed by atoms with van der Waals surface area (Å²) < 4.78 is 1.61. The van der Waals surface area contributed by atoms with E-state index in [0.29, 0.717) is 16.1 Å². The minimum Gasteiger partial charge on any atom is -0.325 e. The fourth-order valence-corrected chi connectivity index (χ4v) is 4.60. The Morgan fingerprint density at radius 3 is 2.44 bits per heavy atom. The van der Waals surface area contributed by atoms with E-state index in [9.17, 15) is 9.59 Å². The summed E-state index contributed by atoms with van der Waals surface area (Å²) in [4.78, 5) is 30.8. The third kappa shape index (κ3) is 4.60. The van der Waals surface area contributed by atoms with E-state index in [0.717, 1.165) is 34.5 Å². The molecule has 0 saturated heterocycles. The highest BCUT2D eigenvalue weighted by atomic mass is 32.2. The highest BCUT2D eigenvalue weighted by molar-refractivity contribution is 7.99. The van der Waals surface area contributed by atoms with Crippen molar-refractivity contribution in [1.82, 2.24) is 9.55 Å². The maximum Gasteiger partial charge on any atom is 0.266 e. The van der Waals surface area contributed by atoms with Crippen molar-refractivity contribution in [2.75, 3.05) is 11.1 Å². The molecule has 0 atom stereocenters. The second-order valence-electron chi connectivity index (χ2n) is 7.75. The molecular weight excluding hydrogens is 418 g/mol. The van der Waals surface area contributed by atoms with E-state index >= 15 is 0 Å². The molecule has 1 amide bonds. The second kappa shape index (κ2) is 9.40. The molecule has 0 bridgehead atoms. The first-order valence-electron chi connectivity index (χ1n) is 10.6. The van der Waals surface area contributed by atoms with Gasteiger partial charge >= 0.3 is 0 Å².